The van der Waals surface area contributed by atoms with Crippen molar-refractivity contribution >= 4 is 23.7 Å². The zero-order valence-corrected chi connectivity index (χ0v) is 24.6. The van der Waals surface area contributed by atoms with Crippen molar-refractivity contribution in [1.82, 2.24) is 0 Å². The van der Waals surface area contributed by atoms with E-state index in [2.05, 4.69) is 0 Å². The van der Waals surface area contributed by atoms with Crippen molar-refractivity contribution in [2.75, 3.05) is 13.2 Å². The Morgan fingerprint density at radius 2 is 1.78 bits per heavy atom. The number of benzene rings is 1. The van der Waals surface area contributed by atoms with Gasteiger partial charge in [0.25, 0.3) is 0 Å². The molecule has 2 saturated carbocycles. The van der Waals surface area contributed by atoms with Crippen LogP contribution < -0.4 is 0 Å². The van der Waals surface area contributed by atoms with Gasteiger partial charge in [-0.05, 0) is 43.7 Å². The maximum Gasteiger partial charge on any atom is 0.338 e. The van der Waals surface area contributed by atoms with Gasteiger partial charge in [0.05, 0.1) is 12.2 Å². The van der Waals surface area contributed by atoms with Crippen molar-refractivity contribution in [3.63, 3.8) is 0 Å². The van der Waals surface area contributed by atoms with Crippen molar-refractivity contribution in [2.24, 2.45) is 28.6 Å². The molecule has 1 aliphatic heterocycles. The van der Waals surface area contributed by atoms with Gasteiger partial charge in [0.15, 0.2) is 17.5 Å². The number of rotatable bonds is 8. The highest BCUT2D eigenvalue weighted by Crippen LogP contribution is 2.71. The predicted octanol–water partition coefficient (Wildman–Crippen LogP) is 3.81. The van der Waals surface area contributed by atoms with Gasteiger partial charge in [-0.25, -0.2) is 4.79 Å². The van der Waals surface area contributed by atoms with E-state index < -0.39 is 52.0 Å². The van der Waals surface area contributed by atoms with Crippen LogP contribution in [-0.4, -0.2) is 65.4 Å². The molecule has 8 atom stereocenters. The monoisotopic (exact) mass is 568 g/mol. The van der Waals surface area contributed by atoms with Gasteiger partial charge in [0.1, 0.15) is 18.3 Å². The molecular formula is C32H40O9. The van der Waals surface area contributed by atoms with E-state index >= 15 is 0 Å². The summed E-state index contributed by atoms with van der Waals surface area (Å²) in [6.07, 6.45) is 1.47. The fourth-order valence-electron chi connectivity index (χ4n) is 7.90. The minimum absolute atomic E-state index is 0.00346. The summed E-state index contributed by atoms with van der Waals surface area (Å²) in [7, 11) is 0. The molecule has 0 bridgehead atoms. The third-order valence-corrected chi connectivity index (χ3v) is 10.5. The van der Waals surface area contributed by atoms with Crippen molar-refractivity contribution in [3.05, 3.63) is 47.5 Å². The first-order chi connectivity index (χ1) is 19.2. The molecule has 1 saturated heterocycles. The highest BCUT2D eigenvalue weighted by atomic mass is 16.6. The predicted molar refractivity (Wildman–Crippen MR) is 146 cm³/mol. The number of carbonyl (C=O) groups excluding carboxylic acids is 4. The number of ether oxygens (including phenoxy) is 4. The van der Waals surface area contributed by atoms with Crippen LogP contribution in [-0.2, 0) is 33.3 Å². The minimum Gasteiger partial charge on any atom is -0.459 e. The third kappa shape index (κ3) is 4.61. The Morgan fingerprint density at radius 1 is 1.10 bits per heavy atom. The Balaban J connectivity index is 1.45. The van der Waals surface area contributed by atoms with Gasteiger partial charge in [0.2, 0.25) is 0 Å². The van der Waals surface area contributed by atoms with Gasteiger partial charge in [-0.1, -0.05) is 50.6 Å². The van der Waals surface area contributed by atoms with Crippen LogP contribution in [0.1, 0.15) is 71.2 Å². The second-order valence-electron chi connectivity index (χ2n) is 13.0. The van der Waals surface area contributed by atoms with E-state index in [1.54, 1.807) is 30.3 Å². The molecule has 0 radical (unpaired) electrons. The second kappa shape index (κ2) is 10.1. The van der Waals surface area contributed by atoms with Crippen LogP contribution in [0.25, 0.3) is 0 Å². The molecule has 9 nitrogen and oxygen atoms in total. The number of hydrogen-bond donors (Lipinski definition) is 1. The summed E-state index contributed by atoms with van der Waals surface area (Å²) < 4.78 is 22.9. The minimum atomic E-state index is -1.54. The van der Waals surface area contributed by atoms with Gasteiger partial charge in [0, 0.05) is 37.0 Å². The summed E-state index contributed by atoms with van der Waals surface area (Å²) >= 11 is 0. The van der Waals surface area contributed by atoms with Gasteiger partial charge >= 0.3 is 17.9 Å². The van der Waals surface area contributed by atoms with Gasteiger partial charge in [-0.2, -0.15) is 0 Å². The number of aliphatic hydroxyl groups is 1. The van der Waals surface area contributed by atoms with Crippen LogP contribution in [0.3, 0.4) is 0 Å². The number of fused-ring (bicyclic) bond motifs is 2. The molecule has 0 amide bonds. The molecule has 1 aromatic carbocycles. The molecule has 5 rings (SSSR count). The number of esters is 3. The Bertz CT molecular complexity index is 1290. The molecule has 0 spiro atoms. The smallest absolute Gasteiger partial charge is 0.338 e. The average Bonchev–Trinajstić information content (AvgIpc) is 3.48. The molecule has 1 N–H and O–H groups in total. The summed E-state index contributed by atoms with van der Waals surface area (Å²) in [5.41, 5.74) is -3.11. The summed E-state index contributed by atoms with van der Waals surface area (Å²) in [6.45, 7) is 10.1. The quantitative estimate of drug-likeness (QED) is 0.283. The van der Waals surface area contributed by atoms with E-state index in [0.29, 0.717) is 18.4 Å². The van der Waals surface area contributed by atoms with E-state index in [1.165, 1.54) is 13.8 Å². The number of carbonyl (C=O) groups is 4. The molecule has 222 valence electrons. The number of hydrogen-bond acceptors (Lipinski definition) is 9. The second-order valence-corrected chi connectivity index (χ2v) is 13.0. The van der Waals surface area contributed by atoms with Crippen molar-refractivity contribution in [2.45, 2.75) is 84.2 Å². The third-order valence-electron chi connectivity index (χ3n) is 10.5. The first kappa shape index (κ1) is 29.5. The van der Waals surface area contributed by atoms with Crippen LogP contribution >= 0.6 is 0 Å². The maximum absolute atomic E-state index is 14.7. The lowest BCUT2D eigenvalue weighted by atomic mass is 9.56. The van der Waals surface area contributed by atoms with Crippen molar-refractivity contribution < 1.29 is 43.2 Å². The maximum atomic E-state index is 14.7. The fourth-order valence-corrected chi connectivity index (χ4v) is 7.90. The summed E-state index contributed by atoms with van der Waals surface area (Å²) in [6, 6.07) is 8.53. The summed E-state index contributed by atoms with van der Waals surface area (Å²) in [5, 5.41) is 12.0. The molecular weight excluding hydrogens is 528 g/mol. The average molecular weight is 569 g/mol. The zero-order chi connectivity index (χ0) is 30.0. The SMILES string of the molecule is CC(=O)O[C@@H](C(=O)C12C[C@]3(OC(C)=O)CO[C@@H]3CC1[C@@H]2C)C1C(C)=CC[C@@](O)(COC(=O)c2ccccc2)C1(C)C. The molecule has 41 heavy (non-hydrogen) atoms. The molecule has 3 aliphatic carbocycles. The molecule has 3 fully saturated rings. The van der Waals surface area contributed by atoms with Crippen LogP contribution in [0.4, 0.5) is 0 Å². The highest BCUT2D eigenvalue weighted by molar-refractivity contribution is 5.95. The van der Waals surface area contributed by atoms with Crippen molar-refractivity contribution in [1.29, 1.82) is 0 Å². The van der Waals surface area contributed by atoms with Gasteiger partial charge < -0.3 is 24.1 Å². The Kier molecular flexibility index (Phi) is 7.22. The van der Waals surface area contributed by atoms with Gasteiger partial charge in [-0.3, -0.25) is 14.4 Å². The highest BCUT2D eigenvalue weighted by Gasteiger charge is 2.77. The molecule has 3 unspecified atom stereocenters. The van der Waals surface area contributed by atoms with E-state index in [0.717, 1.165) is 5.57 Å². The lowest BCUT2D eigenvalue weighted by molar-refractivity contribution is -0.271. The molecule has 1 heterocycles. The topological polar surface area (TPSA) is 125 Å². The first-order valence-electron chi connectivity index (χ1n) is 14.3. The molecule has 1 aromatic rings. The number of Topliss-reactive ketones (excluding diaryl/α,β-unsaturated/α-hetero) is 1. The number of ketones is 1. The largest absolute Gasteiger partial charge is 0.459 e. The lowest BCUT2D eigenvalue weighted by Crippen LogP contribution is -2.65. The Hall–Kier alpha value is -3.04. The standard InChI is InChI=1S/C32H40O9/c1-18-12-13-31(37,17-39-28(36)22-10-8-7-9-11-22)29(5,6)25(18)26(40-20(3)33)27(35)32-15-30(41-21(4)34)16-38-24(30)14-23(32)19(32)2/h7-12,19,23-26,37H,13-17H2,1-6H3/t19-,23?,24+,25?,26+,30-,31+,32?/m0/s1. The zero-order valence-electron chi connectivity index (χ0n) is 24.6. The summed E-state index contributed by atoms with van der Waals surface area (Å²) in [5.74, 6) is -2.51. The fraction of sp³-hybridized carbons (Fsp3) is 0.625. The van der Waals surface area contributed by atoms with Crippen LogP contribution in [0.2, 0.25) is 0 Å². The van der Waals surface area contributed by atoms with E-state index in [1.807, 2.05) is 33.8 Å². The van der Waals surface area contributed by atoms with Gasteiger partial charge in [-0.15, -0.1) is 0 Å². The first-order valence-corrected chi connectivity index (χ1v) is 14.3. The van der Waals surface area contributed by atoms with E-state index in [4.69, 9.17) is 18.9 Å². The Labute approximate surface area is 240 Å². The van der Waals surface area contributed by atoms with Crippen LogP contribution in [0, 0.1) is 28.6 Å². The molecule has 9 heteroatoms. The lowest BCUT2D eigenvalue weighted by Gasteiger charge is -2.54. The van der Waals surface area contributed by atoms with Crippen LogP contribution in [0.5, 0.6) is 0 Å². The van der Waals surface area contributed by atoms with Crippen LogP contribution in [0.15, 0.2) is 42.0 Å². The van der Waals surface area contributed by atoms with E-state index in [9.17, 15) is 24.3 Å². The summed E-state index contributed by atoms with van der Waals surface area (Å²) in [4.78, 5) is 51.8. The molecule has 0 aromatic heterocycles. The Morgan fingerprint density at radius 3 is 2.37 bits per heavy atom. The molecule has 4 aliphatic rings. The normalized spacial score (nSPS) is 37.2. The van der Waals surface area contributed by atoms with Crippen molar-refractivity contribution in [3.8, 4) is 0 Å². The van der Waals surface area contributed by atoms with E-state index in [-0.39, 0.29) is 43.4 Å².